The highest BCUT2D eigenvalue weighted by Gasteiger charge is 2.12. The van der Waals surface area contributed by atoms with Crippen LogP contribution in [0.25, 0.3) is 23.2 Å². The van der Waals surface area contributed by atoms with Crippen LogP contribution in [0.2, 0.25) is 0 Å². The van der Waals surface area contributed by atoms with E-state index in [1.807, 2.05) is 36.4 Å². The molecular weight excluding hydrogens is 272 g/mol. The van der Waals surface area contributed by atoms with Gasteiger partial charge in [0.05, 0.1) is 0 Å². The highest BCUT2D eigenvalue weighted by Crippen LogP contribution is 2.32. The molecule has 6 heteroatoms. The van der Waals surface area contributed by atoms with Gasteiger partial charge in [-0.2, -0.15) is 0 Å². The summed E-state index contributed by atoms with van der Waals surface area (Å²) in [6.07, 6.45) is 3.84. The molecule has 6 nitrogen and oxygen atoms in total. The second-order valence-electron chi connectivity index (χ2n) is 4.62. The number of nitrogens with zero attached hydrogens (tertiary/aromatic N) is 2. The lowest BCUT2D eigenvalue weighted by Crippen LogP contribution is -2.22. The Balaban J connectivity index is 1.65. The minimum Gasteiger partial charge on any atom is -0.454 e. The van der Waals surface area contributed by atoms with Crippen LogP contribution in [0.3, 0.4) is 0 Å². The minimum atomic E-state index is 0.260. The summed E-state index contributed by atoms with van der Waals surface area (Å²) >= 11 is 0. The predicted octanol–water partition coefficient (Wildman–Crippen LogP) is 2.36. The largest absolute Gasteiger partial charge is 0.454 e. The molecule has 104 valence electrons. The first-order chi connectivity index (χ1) is 10.3. The Kier molecular flexibility index (Phi) is 2.53. The fraction of sp³-hybridized carbons (Fsp3) is 0.0667. The second kappa shape index (κ2) is 4.52. The standard InChI is InChI=1S/C15H10N2O4/c18-17-13-7-10(3-5-12(13)16-21-17)1-2-11-4-6-14-15(8-11)20-9-19-14/h1-8H,9H2/b2-1-. The van der Waals surface area contributed by atoms with Crippen molar-refractivity contribution in [2.75, 3.05) is 6.79 Å². The smallest absolute Gasteiger partial charge is 0.248 e. The summed E-state index contributed by atoms with van der Waals surface area (Å²) in [6.45, 7) is 0.260. The van der Waals surface area contributed by atoms with Gasteiger partial charge < -0.3 is 14.7 Å². The van der Waals surface area contributed by atoms with E-state index in [2.05, 4.69) is 9.79 Å². The molecule has 0 fully saturated rings. The maximum atomic E-state index is 11.4. The Hall–Kier alpha value is -3.02. The normalized spacial score (nSPS) is 13.3. The Bertz CT molecular complexity index is 854. The van der Waals surface area contributed by atoms with Crippen LogP contribution in [-0.2, 0) is 0 Å². The molecule has 4 rings (SSSR count). The molecule has 0 aliphatic carbocycles. The fourth-order valence-electron chi connectivity index (χ4n) is 2.20. The molecule has 3 aromatic rings. The van der Waals surface area contributed by atoms with Crippen molar-refractivity contribution in [3.8, 4) is 11.5 Å². The van der Waals surface area contributed by atoms with Gasteiger partial charge >= 0.3 is 0 Å². The van der Waals surface area contributed by atoms with Crippen molar-refractivity contribution < 1.29 is 19.0 Å². The first-order valence-electron chi connectivity index (χ1n) is 6.37. The van der Waals surface area contributed by atoms with Crippen molar-refractivity contribution in [1.82, 2.24) is 5.16 Å². The van der Waals surface area contributed by atoms with Crippen LogP contribution in [0.4, 0.5) is 0 Å². The molecule has 0 N–H and O–H groups in total. The lowest BCUT2D eigenvalue weighted by molar-refractivity contribution is -0.782. The van der Waals surface area contributed by atoms with Crippen molar-refractivity contribution in [3.05, 3.63) is 52.7 Å². The van der Waals surface area contributed by atoms with Crippen LogP contribution in [0.15, 0.2) is 41.0 Å². The molecule has 1 aliphatic heterocycles. The van der Waals surface area contributed by atoms with E-state index < -0.39 is 0 Å². The van der Waals surface area contributed by atoms with Crippen LogP contribution < -0.4 is 14.4 Å². The Morgan fingerprint density at radius 3 is 2.67 bits per heavy atom. The SMILES string of the molecule is [O-][n+]1onc2ccc(/C=C\c3ccc4c(c3)OCO4)cc21. The quantitative estimate of drug-likeness (QED) is 0.533. The molecule has 0 saturated carbocycles. The summed E-state index contributed by atoms with van der Waals surface area (Å²) in [4.78, 5) is 0.396. The van der Waals surface area contributed by atoms with Crippen molar-refractivity contribution in [3.63, 3.8) is 0 Å². The van der Waals surface area contributed by atoms with E-state index in [0.717, 1.165) is 22.6 Å². The summed E-state index contributed by atoms with van der Waals surface area (Å²) < 4.78 is 15.1. The molecule has 21 heavy (non-hydrogen) atoms. The third kappa shape index (κ3) is 2.06. The van der Waals surface area contributed by atoms with Gasteiger partial charge in [0.25, 0.3) is 0 Å². The number of rotatable bonds is 2. The highest BCUT2D eigenvalue weighted by atomic mass is 16.8. The number of fused-ring (bicyclic) bond motifs is 2. The second-order valence-corrected chi connectivity index (χ2v) is 4.62. The lowest BCUT2D eigenvalue weighted by atomic mass is 10.1. The van der Waals surface area contributed by atoms with Crippen LogP contribution in [0.5, 0.6) is 11.5 Å². The summed E-state index contributed by atoms with van der Waals surface area (Å²) in [5.74, 6) is 1.49. The molecule has 2 heterocycles. The zero-order valence-electron chi connectivity index (χ0n) is 10.9. The maximum Gasteiger partial charge on any atom is 0.248 e. The highest BCUT2D eigenvalue weighted by molar-refractivity contribution is 5.78. The fourth-order valence-corrected chi connectivity index (χ4v) is 2.20. The number of ether oxygens (including phenoxy) is 2. The Morgan fingerprint density at radius 1 is 1.00 bits per heavy atom. The number of aromatic nitrogens is 2. The van der Waals surface area contributed by atoms with Gasteiger partial charge in [0.15, 0.2) is 11.5 Å². The molecule has 2 aromatic carbocycles. The molecule has 0 saturated heterocycles. The summed E-state index contributed by atoms with van der Waals surface area (Å²) in [6, 6.07) is 11.1. The van der Waals surface area contributed by atoms with Gasteiger partial charge in [-0.05, 0) is 34.2 Å². The molecule has 1 aromatic heterocycles. The van der Waals surface area contributed by atoms with Crippen molar-refractivity contribution in [2.24, 2.45) is 0 Å². The van der Waals surface area contributed by atoms with E-state index >= 15 is 0 Å². The van der Waals surface area contributed by atoms with Crippen molar-refractivity contribution in [2.45, 2.75) is 0 Å². The van der Waals surface area contributed by atoms with Crippen LogP contribution in [0, 0.1) is 5.21 Å². The van der Waals surface area contributed by atoms with Gasteiger partial charge in [-0.1, -0.05) is 24.3 Å². The van der Waals surface area contributed by atoms with Gasteiger partial charge in [0.1, 0.15) is 0 Å². The summed E-state index contributed by atoms with van der Waals surface area (Å²) in [5.41, 5.74) is 2.81. The van der Waals surface area contributed by atoms with Crippen LogP contribution >= 0.6 is 0 Å². The van der Waals surface area contributed by atoms with E-state index in [1.54, 1.807) is 12.1 Å². The maximum absolute atomic E-state index is 11.4. The topological polar surface area (TPSA) is 71.4 Å². The monoisotopic (exact) mass is 282 g/mol. The molecule has 0 unspecified atom stereocenters. The molecule has 0 atom stereocenters. The summed E-state index contributed by atoms with van der Waals surface area (Å²) in [5, 5.41) is 15.0. The first kappa shape index (κ1) is 11.8. The third-order valence-corrected chi connectivity index (χ3v) is 3.27. The number of benzene rings is 2. The van der Waals surface area contributed by atoms with Crippen LogP contribution in [-0.4, -0.2) is 11.9 Å². The van der Waals surface area contributed by atoms with E-state index in [1.165, 1.54) is 0 Å². The average Bonchev–Trinajstić information content (AvgIpc) is 3.11. The van der Waals surface area contributed by atoms with Crippen LogP contribution in [0.1, 0.15) is 11.1 Å². The number of hydrogen-bond acceptors (Lipinski definition) is 5. The minimum absolute atomic E-state index is 0.260. The van der Waals surface area contributed by atoms with Gasteiger partial charge in [-0.15, -0.1) is 0 Å². The van der Waals surface area contributed by atoms with Gasteiger partial charge in [0.2, 0.25) is 17.8 Å². The average molecular weight is 282 g/mol. The lowest BCUT2D eigenvalue weighted by Gasteiger charge is -1.98. The third-order valence-electron chi connectivity index (χ3n) is 3.27. The van der Waals surface area contributed by atoms with Crippen molar-refractivity contribution >= 4 is 23.2 Å². The van der Waals surface area contributed by atoms with Gasteiger partial charge in [-0.25, -0.2) is 0 Å². The van der Waals surface area contributed by atoms with E-state index in [-0.39, 0.29) is 6.79 Å². The van der Waals surface area contributed by atoms with E-state index in [9.17, 15) is 5.21 Å². The van der Waals surface area contributed by atoms with E-state index in [4.69, 9.17) is 9.47 Å². The van der Waals surface area contributed by atoms with Gasteiger partial charge in [0, 0.05) is 11.2 Å². The molecule has 0 spiro atoms. The molecular formula is C15H10N2O4. The molecule has 0 bridgehead atoms. The van der Waals surface area contributed by atoms with E-state index in [0.29, 0.717) is 15.9 Å². The molecule has 0 radical (unpaired) electrons. The number of hydrogen-bond donors (Lipinski definition) is 0. The Labute approximate surface area is 119 Å². The Morgan fingerprint density at radius 2 is 1.76 bits per heavy atom. The first-order valence-corrected chi connectivity index (χ1v) is 6.37. The van der Waals surface area contributed by atoms with Gasteiger partial charge in [-0.3, -0.25) is 4.63 Å². The molecule has 0 amide bonds. The predicted molar refractivity (Wildman–Crippen MR) is 74.5 cm³/mol. The zero-order valence-corrected chi connectivity index (χ0v) is 10.9. The molecule has 1 aliphatic rings. The van der Waals surface area contributed by atoms with Crippen molar-refractivity contribution in [1.29, 1.82) is 0 Å². The summed E-state index contributed by atoms with van der Waals surface area (Å²) in [7, 11) is 0. The zero-order chi connectivity index (χ0) is 14.2.